The smallest absolute Gasteiger partial charge is 0.237 e. The van der Waals surface area contributed by atoms with Crippen molar-refractivity contribution in [1.82, 2.24) is 5.32 Å². The minimum absolute atomic E-state index is 0.270. The Bertz CT molecular complexity index is 169. The molecule has 76 valence electrons. The largest absolute Gasteiger partial charge is 0.345 e. The molecule has 0 aliphatic rings. The molecule has 13 heavy (non-hydrogen) atoms. The predicted octanol–water partition coefficient (Wildman–Crippen LogP) is 0.208. The minimum Gasteiger partial charge on any atom is -0.345 e. The number of hydrogen-bond acceptors (Lipinski definition) is 3. The molecule has 0 radical (unpaired) electrons. The van der Waals surface area contributed by atoms with Crippen molar-refractivity contribution in [1.29, 1.82) is 0 Å². The highest BCUT2D eigenvalue weighted by Crippen LogP contribution is 1.98. The summed E-state index contributed by atoms with van der Waals surface area (Å²) in [6.45, 7) is 3.63. The van der Waals surface area contributed by atoms with Crippen LogP contribution in [0.2, 0.25) is 0 Å². The van der Waals surface area contributed by atoms with Crippen LogP contribution in [-0.4, -0.2) is 24.3 Å². The van der Waals surface area contributed by atoms with Crippen LogP contribution in [0, 0.1) is 0 Å². The lowest BCUT2D eigenvalue weighted by Crippen LogP contribution is -2.44. The zero-order chi connectivity index (χ0) is 10.3. The fraction of sp³-hybridized carbons (Fsp3) is 0.778. The molecular formula is C9H18N2O2. The number of nitrogens with two attached hydrogens (primary N) is 1. The van der Waals surface area contributed by atoms with E-state index in [0.717, 1.165) is 19.1 Å². The van der Waals surface area contributed by atoms with Gasteiger partial charge >= 0.3 is 0 Å². The molecule has 0 bridgehead atoms. The number of rotatable bonds is 6. The van der Waals surface area contributed by atoms with Crippen LogP contribution in [-0.2, 0) is 9.59 Å². The van der Waals surface area contributed by atoms with Crippen LogP contribution >= 0.6 is 0 Å². The van der Waals surface area contributed by atoms with Crippen LogP contribution in [0.4, 0.5) is 0 Å². The molecule has 2 atom stereocenters. The first-order chi connectivity index (χ1) is 6.11. The molecule has 3 N–H and O–H groups in total. The number of unbranched alkanes of at least 4 members (excludes halogenated alkanes) is 1. The third kappa shape index (κ3) is 5.36. The van der Waals surface area contributed by atoms with Crippen molar-refractivity contribution in [2.75, 3.05) is 0 Å². The molecule has 0 saturated heterocycles. The average Bonchev–Trinajstić information content (AvgIpc) is 2.11. The Morgan fingerprint density at radius 2 is 2.23 bits per heavy atom. The Morgan fingerprint density at radius 3 is 2.62 bits per heavy atom. The Kier molecular flexibility index (Phi) is 6.14. The maximum atomic E-state index is 11.1. The summed E-state index contributed by atoms with van der Waals surface area (Å²) < 4.78 is 0. The first-order valence-corrected chi connectivity index (χ1v) is 4.63. The highest BCUT2D eigenvalue weighted by atomic mass is 16.2. The van der Waals surface area contributed by atoms with E-state index in [1.165, 1.54) is 0 Å². The first-order valence-electron chi connectivity index (χ1n) is 4.63. The van der Waals surface area contributed by atoms with Crippen LogP contribution in [0.15, 0.2) is 0 Å². The van der Waals surface area contributed by atoms with Crippen molar-refractivity contribution < 1.29 is 9.59 Å². The van der Waals surface area contributed by atoms with Gasteiger partial charge in [-0.15, -0.1) is 0 Å². The molecule has 0 spiro atoms. The second kappa shape index (κ2) is 6.60. The normalized spacial score (nSPS) is 14.7. The molecule has 0 aliphatic heterocycles. The Labute approximate surface area is 78.9 Å². The number of carbonyl (C=O) groups is 2. The maximum Gasteiger partial charge on any atom is 0.237 e. The summed E-state index contributed by atoms with van der Waals surface area (Å²) in [6, 6.07) is -0.928. The minimum atomic E-state index is -0.552. The summed E-state index contributed by atoms with van der Waals surface area (Å²) in [5.41, 5.74) is 5.34. The molecule has 0 aliphatic carbocycles. The van der Waals surface area contributed by atoms with Gasteiger partial charge in [-0.05, 0) is 13.3 Å². The van der Waals surface area contributed by atoms with Gasteiger partial charge in [-0.1, -0.05) is 19.8 Å². The van der Waals surface area contributed by atoms with Gasteiger partial charge in [0, 0.05) is 0 Å². The Hall–Kier alpha value is -0.900. The molecule has 4 heteroatoms. The molecule has 0 unspecified atom stereocenters. The highest BCUT2D eigenvalue weighted by molar-refractivity contribution is 5.83. The van der Waals surface area contributed by atoms with E-state index in [-0.39, 0.29) is 11.9 Å². The average molecular weight is 186 g/mol. The summed E-state index contributed by atoms with van der Waals surface area (Å²) >= 11 is 0. The van der Waals surface area contributed by atoms with Crippen molar-refractivity contribution in [2.45, 2.75) is 45.2 Å². The van der Waals surface area contributed by atoms with Gasteiger partial charge in [-0.2, -0.15) is 0 Å². The van der Waals surface area contributed by atoms with E-state index in [4.69, 9.17) is 5.73 Å². The van der Waals surface area contributed by atoms with E-state index >= 15 is 0 Å². The second-order valence-electron chi connectivity index (χ2n) is 3.18. The molecule has 4 nitrogen and oxygen atoms in total. The van der Waals surface area contributed by atoms with Gasteiger partial charge < -0.3 is 15.8 Å². The number of carbonyl (C=O) groups excluding carboxylic acids is 2. The summed E-state index contributed by atoms with van der Waals surface area (Å²) in [7, 11) is 0. The van der Waals surface area contributed by atoms with E-state index in [1.807, 2.05) is 6.92 Å². The molecule has 0 rings (SSSR count). The lowest BCUT2D eigenvalue weighted by molar-refractivity contribution is -0.124. The number of aldehydes is 1. The van der Waals surface area contributed by atoms with Gasteiger partial charge in [-0.25, -0.2) is 0 Å². The van der Waals surface area contributed by atoms with Crippen molar-refractivity contribution in [3.63, 3.8) is 0 Å². The number of hydrogen-bond donors (Lipinski definition) is 2. The molecular weight excluding hydrogens is 168 g/mol. The van der Waals surface area contributed by atoms with Crippen LogP contribution in [0.25, 0.3) is 0 Å². The standard InChI is InChI=1S/C9H18N2O2/c1-3-4-5-8(6-12)11-9(13)7(2)10/h6-8H,3-5,10H2,1-2H3,(H,11,13)/t7-,8-/m0/s1. The third-order valence-electron chi connectivity index (χ3n) is 1.77. The molecule has 0 aromatic rings. The Balaban J connectivity index is 3.83. The summed E-state index contributed by atoms with van der Waals surface area (Å²) in [4.78, 5) is 21.6. The summed E-state index contributed by atoms with van der Waals surface area (Å²) in [5, 5.41) is 2.57. The van der Waals surface area contributed by atoms with Crippen LogP contribution in [0.3, 0.4) is 0 Å². The second-order valence-corrected chi connectivity index (χ2v) is 3.18. The molecule has 0 saturated carbocycles. The Morgan fingerprint density at radius 1 is 1.62 bits per heavy atom. The van der Waals surface area contributed by atoms with Gasteiger partial charge in [0.2, 0.25) is 5.91 Å². The van der Waals surface area contributed by atoms with Gasteiger partial charge in [0.05, 0.1) is 12.1 Å². The van der Waals surface area contributed by atoms with Crippen molar-refractivity contribution in [3.05, 3.63) is 0 Å². The fourth-order valence-electron chi connectivity index (χ4n) is 0.912. The fourth-order valence-corrected chi connectivity index (χ4v) is 0.912. The monoisotopic (exact) mass is 186 g/mol. The quantitative estimate of drug-likeness (QED) is 0.582. The summed E-state index contributed by atoms with van der Waals surface area (Å²) in [6.07, 6.45) is 3.40. The van der Waals surface area contributed by atoms with Crippen LogP contribution in [0.5, 0.6) is 0 Å². The maximum absolute atomic E-state index is 11.1. The van der Waals surface area contributed by atoms with E-state index in [1.54, 1.807) is 6.92 Å². The molecule has 0 fully saturated rings. The van der Waals surface area contributed by atoms with Crippen LogP contribution in [0.1, 0.15) is 33.1 Å². The highest BCUT2D eigenvalue weighted by Gasteiger charge is 2.13. The topological polar surface area (TPSA) is 72.2 Å². The van der Waals surface area contributed by atoms with E-state index in [2.05, 4.69) is 5.32 Å². The lowest BCUT2D eigenvalue weighted by atomic mass is 10.1. The van der Waals surface area contributed by atoms with Gasteiger partial charge in [-0.3, -0.25) is 4.79 Å². The van der Waals surface area contributed by atoms with E-state index in [0.29, 0.717) is 6.42 Å². The van der Waals surface area contributed by atoms with Gasteiger partial charge in [0.1, 0.15) is 6.29 Å². The first kappa shape index (κ1) is 12.1. The van der Waals surface area contributed by atoms with Gasteiger partial charge in [0.15, 0.2) is 0 Å². The SMILES string of the molecule is CCCC[C@@H](C=O)NC(=O)[C@H](C)N. The zero-order valence-electron chi connectivity index (χ0n) is 8.25. The molecule has 0 aromatic heterocycles. The van der Waals surface area contributed by atoms with Gasteiger partial charge in [0.25, 0.3) is 0 Å². The van der Waals surface area contributed by atoms with Crippen molar-refractivity contribution in [2.24, 2.45) is 5.73 Å². The van der Waals surface area contributed by atoms with E-state index < -0.39 is 6.04 Å². The van der Waals surface area contributed by atoms with E-state index in [9.17, 15) is 9.59 Å². The van der Waals surface area contributed by atoms with Crippen molar-refractivity contribution in [3.8, 4) is 0 Å². The summed E-state index contributed by atoms with van der Waals surface area (Å²) in [5.74, 6) is -0.270. The zero-order valence-corrected chi connectivity index (χ0v) is 8.25. The lowest BCUT2D eigenvalue weighted by Gasteiger charge is -2.13. The molecule has 1 amide bonds. The third-order valence-corrected chi connectivity index (χ3v) is 1.77. The molecule has 0 heterocycles. The molecule has 0 aromatic carbocycles. The predicted molar refractivity (Wildman–Crippen MR) is 51.2 cm³/mol. The number of nitrogens with one attached hydrogen (secondary N) is 1. The van der Waals surface area contributed by atoms with Crippen LogP contribution < -0.4 is 11.1 Å². The number of amides is 1. The van der Waals surface area contributed by atoms with Crippen molar-refractivity contribution >= 4 is 12.2 Å².